The van der Waals surface area contributed by atoms with E-state index in [2.05, 4.69) is 17.4 Å². The van der Waals surface area contributed by atoms with Crippen LogP contribution < -0.4 is 5.32 Å². The average molecular weight is 511 g/mol. The molecule has 1 saturated heterocycles. The van der Waals surface area contributed by atoms with Gasteiger partial charge in [-0.1, -0.05) is 61.4 Å². The van der Waals surface area contributed by atoms with Crippen molar-refractivity contribution in [1.29, 1.82) is 0 Å². The Balaban J connectivity index is 1.26. The van der Waals surface area contributed by atoms with Crippen molar-refractivity contribution in [3.8, 4) is 11.1 Å². The number of nitrogens with zero attached hydrogens (tertiary/aromatic N) is 1. The second-order valence-corrected chi connectivity index (χ2v) is 10.9. The van der Waals surface area contributed by atoms with E-state index in [4.69, 9.17) is 4.74 Å². The minimum absolute atomic E-state index is 0.0900. The summed E-state index contributed by atoms with van der Waals surface area (Å²) in [5, 5.41) is 11.9. The highest BCUT2D eigenvalue weighted by Crippen LogP contribution is 2.44. The van der Waals surface area contributed by atoms with Gasteiger partial charge in [-0.2, -0.15) is 0 Å². The number of carboxylic acids is 1. The summed E-state index contributed by atoms with van der Waals surface area (Å²) in [4.78, 5) is 38.9. The summed E-state index contributed by atoms with van der Waals surface area (Å²) in [5.74, 6) is -0.650. The Bertz CT molecular complexity index is 1040. The van der Waals surface area contributed by atoms with Gasteiger partial charge in [0.05, 0.1) is 5.25 Å². The van der Waals surface area contributed by atoms with Gasteiger partial charge in [-0.25, -0.2) is 9.59 Å². The van der Waals surface area contributed by atoms with Gasteiger partial charge in [0, 0.05) is 19.0 Å². The number of carbonyl (C=O) groups is 3. The number of benzene rings is 2. The summed E-state index contributed by atoms with van der Waals surface area (Å²) in [7, 11) is 0. The van der Waals surface area contributed by atoms with Gasteiger partial charge in [0.1, 0.15) is 12.6 Å². The minimum Gasteiger partial charge on any atom is -0.480 e. The third-order valence-corrected chi connectivity index (χ3v) is 8.15. The molecule has 192 valence electrons. The number of amides is 2. The van der Waals surface area contributed by atoms with Crippen molar-refractivity contribution < 1.29 is 24.2 Å². The van der Waals surface area contributed by atoms with Crippen LogP contribution in [0.15, 0.2) is 48.5 Å². The Hall–Kier alpha value is -3.00. The lowest BCUT2D eigenvalue weighted by Crippen LogP contribution is -2.42. The van der Waals surface area contributed by atoms with Crippen LogP contribution in [0.3, 0.4) is 0 Å². The van der Waals surface area contributed by atoms with Crippen LogP contribution in [0.4, 0.5) is 4.79 Å². The zero-order valence-electron chi connectivity index (χ0n) is 20.7. The van der Waals surface area contributed by atoms with E-state index >= 15 is 0 Å². The number of ether oxygens (including phenoxy) is 1. The molecule has 36 heavy (non-hydrogen) atoms. The van der Waals surface area contributed by atoms with Gasteiger partial charge in [0.15, 0.2) is 0 Å². The predicted molar refractivity (Wildman–Crippen MR) is 141 cm³/mol. The second kappa shape index (κ2) is 12.3. The molecule has 1 fully saturated rings. The first-order valence-corrected chi connectivity index (χ1v) is 13.7. The van der Waals surface area contributed by atoms with Crippen molar-refractivity contribution in [1.82, 2.24) is 10.2 Å². The van der Waals surface area contributed by atoms with Crippen LogP contribution in [0.1, 0.15) is 56.1 Å². The summed E-state index contributed by atoms with van der Waals surface area (Å²) < 4.78 is 5.50. The lowest BCUT2D eigenvalue weighted by molar-refractivity contribution is -0.139. The fraction of sp³-hybridized carbons (Fsp3) is 0.464. The monoisotopic (exact) mass is 510 g/mol. The first-order chi connectivity index (χ1) is 17.5. The molecule has 1 aliphatic carbocycles. The fourth-order valence-electron chi connectivity index (χ4n) is 5.02. The first-order valence-electron chi connectivity index (χ1n) is 12.7. The molecular weight excluding hydrogens is 476 g/mol. The Morgan fingerprint density at radius 3 is 2.17 bits per heavy atom. The third-order valence-electron chi connectivity index (χ3n) is 6.97. The second-order valence-electron chi connectivity index (χ2n) is 9.40. The summed E-state index contributed by atoms with van der Waals surface area (Å²) in [5.41, 5.74) is 4.46. The van der Waals surface area contributed by atoms with Crippen LogP contribution in [0.2, 0.25) is 0 Å². The molecule has 0 radical (unpaired) electrons. The lowest BCUT2D eigenvalue weighted by Gasteiger charge is -2.24. The quantitative estimate of drug-likeness (QED) is 0.499. The number of aliphatic carboxylic acids is 1. The van der Waals surface area contributed by atoms with Gasteiger partial charge in [-0.15, -0.1) is 11.8 Å². The molecule has 2 unspecified atom stereocenters. The Morgan fingerprint density at radius 1 is 1.00 bits per heavy atom. The number of nitrogens with one attached hydrogen (secondary N) is 1. The summed E-state index contributed by atoms with van der Waals surface area (Å²) in [6.07, 6.45) is 3.85. The molecule has 0 saturated carbocycles. The van der Waals surface area contributed by atoms with Crippen molar-refractivity contribution >= 4 is 29.7 Å². The number of hydrogen-bond acceptors (Lipinski definition) is 5. The highest BCUT2D eigenvalue weighted by atomic mass is 32.2. The normalized spacial score (nSPS) is 16.9. The van der Waals surface area contributed by atoms with Crippen LogP contribution in [0.5, 0.6) is 0 Å². The van der Waals surface area contributed by atoms with Crippen LogP contribution in [-0.2, 0) is 14.3 Å². The summed E-state index contributed by atoms with van der Waals surface area (Å²) >= 11 is 1.43. The van der Waals surface area contributed by atoms with E-state index in [9.17, 15) is 19.5 Å². The highest BCUT2D eigenvalue weighted by Gasteiger charge is 2.30. The number of carboxylic acid groups (broad SMARTS) is 1. The van der Waals surface area contributed by atoms with Crippen LogP contribution >= 0.6 is 11.8 Å². The molecule has 1 aliphatic heterocycles. The van der Waals surface area contributed by atoms with Crippen LogP contribution in [-0.4, -0.2) is 64.7 Å². The maximum Gasteiger partial charge on any atom is 0.407 e. The van der Waals surface area contributed by atoms with Crippen molar-refractivity contribution in [2.45, 2.75) is 56.2 Å². The topological polar surface area (TPSA) is 95.9 Å². The average Bonchev–Trinajstić information content (AvgIpc) is 3.01. The fourth-order valence-corrected chi connectivity index (χ4v) is 6.04. The van der Waals surface area contributed by atoms with Gasteiger partial charge in [0.2, 0.25) is 5.91 Å². The molecule has 2 aliphatic rings. The maximum absolute atomic E-state index is 12.7. The highest BCUT2D eigenvalue weighted by molar-refractivity contribution is 8.00. The third kappa shape index (κ3) is 6.22. The molecule has 7 nitrogen and oxygen atoms in total. The van der Waals surface area contributed by atoms with Crippen LogP contribution in [0, 0.1) is 0 Å². The van der Waals surface area contributed by atoms with Gasteiger partial charge in [-0.05, 0) is 54.2 Å². The molecule has 2 amide bonds. The lowest BCUT2D eigenvalue weighted by atomic mass is 9.98. The molecule has 4 rings (SSSR count). The van der Waals surface area contributed by atoms with Crippen molar-refractivity contribution in [2.75, 3.05) is 25.4 Å². The van der Waals surface area contributed by atoms with E-state index in [1.54, 1.807) is 0 Å². The standard InChI is InChI=1S/C28H34N2O5S/c1-19(26(31)30-15-8-2-3-9-16-30)36-17-14-25(27(32)33)29-28(34)35-18-24-22-12-6-4-10-20(22)21-11-5-7-13-23(21)24/h4-7,10-13,19,24-25H,2-3,8-9,14-18H2,1H3,(H,29,34)(H,32,33). The Labute approximate surface area is 216 Å². The number of alkyl carbamates (subject to hydrolysis) is 1. The van der Waals surface area contributed by atoms with Gasteiger partial charge >= 0.3 is 12.1 Å². The van der Waals surface area contributed by atoms with Crippen molar-refractivity contribution in [3.05, 3.63) is 59.7 Å². The van der Waals surface area contributed by atoms with E-state index in [0.717, 1.165) is 61.0 Å². The number of hydrogen-bond donors (Lipinski definition) is 2. The van der Waals surface area contributed by atoms with Crippen molar-refractivity contribution in [3.63, 3.8) is 0 Å². The Kier molecular flexibility index (Phi) is 8.91. The summed E-state index contributed by atoms with van der Waals surface area (Å²) in [6.45, 7) is 3.59. The number of fused-ring (bicyclic) bond motifs is 3. The molecule has 2 N–H and O–H groups in total. The molecule has 8 heteroatoms. The van der Waals surface area contributed by atoms with Crippen LogP contribution in [0.25, 0.3) is 11.1 Å². The molecular formula is C28H34N2O5S. The molecule has 1 heterocycles. The van der Waals surface area contributed by atoms with Gasteiger partial charge < -0.3 is 20.1 Å². The van der Waals surface area contributed by atoms with E-state index in [1.807, 2.05) is 48.2 Å². The Morgan fingerprint density at radius 2 is 1.58 bits per heavy atom. The zero-order chi connectivity index (χ0) is 25.5. The molecule has 0 bridgehead atoms. The molecule has 0 aromatic heterocycles. The number of carbonyl (C=O) groups excluding carboxylic acids is 2. The largest absolute Gasteiger partial charge is 0.480 e. The molecule has 2 aromatic carbocycles. The van der Waals surface area contributed by atoms with E-state index in [0.29, 0.717) is 5.75 Å². The van der Waals surface area contributed by atoms with E-state index < -0.39 is 18.1 Å². The predicted octanol–water partition coefficient (Wildman–Crippen LogP) is 4.89. The first kappa shape index (κ1) is 26.1. The number of likely N-dealkylation sites (tertiary alicyclic amines) is 1. The molecule has 2 atom stereocenters. The van der Waals surface area contributed by atoms with E-state index in [1.165, 1.54) is 11.8 Å². The maximum atomic E-state index is 12.7. The zero-order valence-corrected chi connectivity index (χ0v) is 21.5. The number of thioether (sulfide) groups is 1. The van der Waals surface area contributed by atoms with Crippen molar-refractivity contribution in [2.24, 2.45) is 0 Å². The van der Waals surface area contributed by atoms with Gasteiger partial charge in [-0.3, -0.25) is 4.79 Å². The number of rotatable bonds is 9. The summed E-state index contributed by atoms with van der Waals surface area (Å²) in [6, 6.07) is 15.0. The van der Waals surface area contributed by atoms with E-state index in [-0.39, 0.29) is 30.1 Å². The smallest absolute Gasteiger partial charge is 0.407 e. The molecule has 2 aromatic rings. The molecule has 0 spiro atoms. The minimum atomic E-state index is -1.12. The SMILES string of the molecule is CC(SCCC(NC(=O)OCC1c2ccccc2-c2ccccc21)C(=O)O)C(=O)N1CCCCCC1. The van der Waals surface area contributed by atoms with Gasteiger partial charge in [0.25, 0.3) is 0 Å².